The number of hydrogen-bond acceptors (Lipinski definition) is 5. The maximum Gasteiger partial charge on any atom is 0.251 e. The van der Waals surface area contributed by atoms with Crippen LogP contribution in [-0.4, -0.2) is 46.4 Å². The molecule has 32 heavy (non-hydrogen) atoms. The molecule has 1 aliphatic rings. The summed E-state index contributed by atoms with van der Waals surface area (Å²) in [7, 11) is 0. The number of carbonyl (C=O) groups excluding carboxylic acids is 3. The van der Waals surface area contributed by atoms with E-state index in [-0.39, 0.29) is 23.3 Å². The Morgan fingerprint density at radius 3 is 2.31 bits per heavy atom. The topological polar surface area (TPSA) is 108 Å². The largest absolute Gasteiger partial charge is 0.394 e. The number of benzene rings is 2. The fraction of sp³-hybridized carbons (Fsp3) is 0.200. The van der Waals surface area contributed by atoms with Crippen molar-refractivity contribution in [3.05, 3.63) is 101 Å². The Bertz CT molecular complexity index is 1100. The summed E-state index contributed by atoms with van der Waals surface area (Å²) in [6, 6.07) is 18.3. The zero-order valence-electron chi connectivity index (χ0n) is 17.3. The van der Waals surface area contributed by atoms with Crippen molar-refractivity contribution in [1.29, 1.82) is 0 Å². The highest BCUT2D eigenvalue weighted by molar-refractivity contribution is 6.09. The van der Waals surface area contributed by atoms with Crippen molar-refractivity contribution in [2.75, 3.05) is 6.61 Å². The van der Waals surface area contributed by atoms with E-state index in [4.69, 9.17) is 0 Å². The molecule has 2 aromatic carbocycles. The minimum atomic E-state index is -1.06. The van der Waals surface area contributed by atoms with E-state index in [1.807, 2.05) is 30.3 Å². The maximum atomic E-state index is 12.6. The Morgan fingerprint density at radius 1 is 0.938 bits per heavy atom. The number of aliphatic hydroxyl groups excluding tert-OH is 1. The third kappa shape index (κ3) is 4.90. The molecule has 1 fully saturated rings. The smallest absolute Gasteiger partial charge is 0.251 e. The molecular weight excluding hydrogens is 406 g/mol. The summed E-state index contributed by atoms with van der Waals surface area (Å²) in [4.78, 5) is 41.5. The van der Waals surface area contributed by atoms with Gasteiger partial charge in [-0.25, -0.2) is 0 Å². The van der Waals surface area contributed by atoms with E-state index in [1.165, 1.54) is 18.3 Å². The van der Waals surface area contributed by atoms with Gasteiger partial charge in [0.25, 0.3) is 5.91 Å². The zero-order valence-corrected chi connectivity index (χ0v) is 17.3. The first kappa shape index (κ1) is 21.4. The molecule has 1 saturated carbocycles. The van der Waals surface area contributed by atoms with Crippen molar-refractivity contribution in [3.8, 4) is 0 Å². The van der Waals surface area contributed by atoms with Crippen LogP contribution in [0.4, 0.5) is 0 Å². The lowest BCUT2D eigenvalue weighted by atomic mass is 10.0. The first-order chi connectivity index (χ1) is 15.6. The van der Waals surface area contributed by atoms with E-state index in [0.717, 1.165) is 12.0 Å². The summed E-state index contributed by atoms with van der Waals surface area (Å²) in [5.41, 5.74) is 2.32. The Hall–Kier alpha value is -3.84. The van der Waals surface area contributed by atoms with Crippen LogP contribution in [-0.2, 0) is 4.79 Å². The lowest BCUT2D eigenvalue weighted by molar-refractivity contribution is -0.124. The molecule has 0 aliphatic heterocycles. The second-order valence-corrected chi connectivity index (χ2v) is 7.72. The summed E-state index contributed by atoms with van der Waals surface area (Å²) in [5.74, 6) is -0.877. The third-order valence-electron chi connectivity index (χ3n) is 5.48. The van der Waals surface area contributed by atoms with Crippen molar-refractivity contribution < 1.29 is 19.5 Å². The van der Waals surface area contributed by atoms with E-state index < -0.39 is 24.5 Å². The molecule has 2 amide bonds. The SMILES string of the molecule is O=C(N[C@@H](CO)C(=O)NC1CC1c1ccccc1)c1ccc(C(=O)c2cccnc2)cc1. The molecule has 0 saturated heterocycles. The monoisotopic (exact) mass is 429 g/mol. The van der Waals surface area contributed by atoms with Gasteiger partial charge in [-0.3, -0.25) is 19.4 Å². The first-order valence-electron chi connectivity index (χ1n) is 10.4. The summed E-state index contributed by atoms with van der Waals surface area (Å²) < 4.78 is 0. The lowest BCUT2D eigenvalue weighted by Gasteiger charge is -2.16. The van der Waals surface area contributed by atoms with Crippen LogP contribution in [0.15, 0.2) is 79.1 Å². The maximum absolute atomic E-state index is 12.6. The van der Waals surface area contributed by atoms with E-state index in [0.29, 0.717) is 11.1 Å². The Kier molecular flexibility index (Phi) is 6.37. The van der Waals surface area contributed by atoms with Crippen LogP contribution in [0.1, 0.15) is 44.2 Å². The summed E-state index contributed by atoms with van der Waals surface area (Å²) in [6.07, 6.45) is 3.90. The van der Waals surface area contributed by atoms with Gasteiger partial charge < -0.3 is 15.7 Å². The quantitative estimate of drug-likeness (QED) is 0.475. The van der Waals surface area contributed by atoms with Gasteiger partial charge in [0.1, 0.15) is 6.04 Å². The van der Waals surface area contributed by atoms with Gasteiger partial charge in [-0.2, -0.15) is 0 Å². The van der Waals surface area contributed by atoms with Gasteiger partial charge in [-0.15, -0.1) is 0 Å². The van der Waals surface area contributed by atoms with Crippen LogP contribution in [0.25, 0.3) is 0 Å². The van der Waals surface area contributed by atoms with E-state index in [2.05, 4.69) is 15.6 Å². The van der Waals surface area contributed by atoms with Crippen molar-refractivity contribution in [2.24, 2.45) is 0 Å². The highest BCUT2D eigenvalue weighted by atomic mass is 16.3. The van der Waals surface area contributed by atoms with Crippen molar-refractivity contribution >= 4 is 17.6 Å². The zero-order chi connectivity index (χ0) is 22.5. The molecule has 0 spiro atoms. The van der Waals surface area contributed by atoms with E-state index >= 15 is 0 Å². The van der Waals surface area contributed by atoms with Crippen molar-refractivity contribution in [1.82, 2.24) is 15.6 Å². The Balaban J connectivity index is 1.34. The number of hydrogen-bond donors (Lipinski definition) is 3. The van der Waals surface area contributed by atoms with E-state index in [9.17, 15) is 19.5 Å². The van der Waals surface area contributed by atoms with E-state index in [1.54, 1.807) is 30.5 Å². The second-order valence-electron chi connectivity index (χ2n) is 7.72. The number of rotatable bonds is 8. The molecule has 4 rings (SSSR count). The minimum absolute atomic E-state index is 0.00590. The minimum Gasteiger partial charge on any atom is -0.394 e. The summed E-state index contributed by atoms with van der Waals surface area (Å²) in [6.45, 7) is -0.516. The number of ketones is 1. The predicted octanol–water partition coefficient (Wildman–Crippen LogP) is 2.08. The van der Waals surface area contributed by atoms with Crippen LogP contribution in [0.2, 0.25) is 0 Å². The second kappa shape index (κ2) is 9.53. The number of nitrogens with zero attached hydrogens (tertiary/aromatic N) is 1. The van der Waals surface area contributed by atoms with Gasteiger partial charge in [-0.05, 0) is 36.2 Å². The van der Waals surface area contributed by atoms with Crippen LogP contribution in [0.5, 0.6) is 0 Å². The molecule has 7 nitrogen and oxygen atoms in total. The van der Waals surface area contributed by atoms with Gasteiger partial charge in [0, 0.05) is 41.0 Å². The van der Waals surface area contributed by atoms with Crippen LogP contribution < -0.4 is 10.6 Å². The number of amides is 2. The average Bonchev–Trinajstić information content (AvgIpc) is 3.62. The fourth-order valence-corrected chi connectivity index (χ4v) is 3.58. The third-order valence-corrected chi connectivity index (χ3v) is 5.48. The van der Waals surface area contributed by atoms with Crippen LogP contribution in [0, 0.1) is 0 Å². The normalized spacial score (nSPS) is 17.8. The highest BCUT2D eigenvalue weighted by Gasteiger charge is 2.40. The highest BCUT2D eigenvalue weighted by Crippen LogP contribution is 2.40. The molecule has 7 heteroatoms. The average molecular weight is 429 g/mol. The molecule has 1 heterocycles. The van der Waals surface area contributed by atoms with Gasteiger partial charge in [0.2, 0.25) is 5.91 Å². The molecule has 0 bridgehead atoms. The lowest BCUT2D eigenvalue weighted by Crippen LogP contribution is -2.49. The van der Waals surface area contributed by atoms with Crippen molar-refractivity contribution in [3.63, 3.8) is 0 Å². The summed E-state index contributed by atoms with van der Waals surface area (Å²) >= 11 is 0. The molecule has 0 radical (unpaired) electrons. The molecule has 3 N–H and O–H groups in total. The molecule has 1 aromatic heterocycles. The van der Waals surface area contributed by atoms with Gasteiger partial charge >= 0.3 is 0 Å². The molecule has 3 aromatic rings. The fourth-order valence-electron chi connectivity index (χ4n) is 3.58. The predicted molar refractivity (Wildman–Crippen MR) is 118 cm³/mol. The number of aromatic nitrogens is 1. The van der Waals surface area contributed by atoms with Crippen molar-refractivity contribution in [2.45, 2.75) is 24.4 Å². The number of carbonyl (C=O) groups is 3. The standard InChI is InChI=1S/C25H23N3O4/c29-15-22(25(32)27-21-13-20(21)16-5-2-1-3-6-16)28-24(31)18-10-8-17(9-11-18)23(30)19-7-4-12-26-14-19/h1-12,14,20-22,29H,13,15H2,(H,27,32)(H,28,31)/t20?,21?,22-/m0/s1. The van der Waals surface area contributed by atoms with Crippen LogP contribution in [0.3, 0.4) is 0 Å². The molecule has 2 unspecified atom stereocenters. The molecule has 3 atom stereocenters. The van der Waals surface area contributed by atoms with Gasteiger partial charge in [0.05, 0.1) is 6.61 Å². The van der Waals surface area contributed by atoms with Gasteiger partial charge in [0.15, 0.2) is 5.78 Å². The molecule has 162 valence electrons. The van der Waals surface area contributed by atoms with Crippen LogP contribution >= 0.6 is 0 Å². The molecular formula is C25H23N3O4. The first-order valence-corrected chi connectivity index (χ1v) is 10.4. The Morgan fingerprint density at radius 2 is 1.66 bits per heavy atom. The number of aliphatic hydroxyl groups is 1. The Labute approximate surface area is 185 Å². The number of nitrogens with one attached hydrogen (secondary N) is 2. The van der Waals surface area contributed by atoms with Gasteiger partial charge in [-0.1, -0.05) is 42.5 Å². The summed E-state index contributed by atoms with van der Waals surface area (Å²) in [5, 5.41) is 15.1. The number of pyridine rings is 1. The molecule has 1 aliphatic carbocycles.